The van der Waals surface area contributed by atoms with Crippen LogP contribution < -0.4 is 5.32 Å². The van der Waals surface area contributed by atoms with Crippen LogP contribution in [0.3, 0.4) is 0 Å². The minimum atomic E-state index is -0.289. The van der Waals surface area contributed by atoms with Crippen LogP contribution in [0.15, 0.2) is 65.7 Å². The summed E-state index contributed by atoms with van der Waals surface area (Å²) in [7, 11) is 0. The quantitative estimate of drug-likeness (QED) is 0.669. The Morgan fingerprint density at radius 1 is 1.00 bits per heavy atom. The van der Waals surface area contributed by atoms with Gasteiger partial charge in [0.15, 0.2) is 0 Å². The molecule has 132 valence electrons. The van der Waals surface area contributed by atoms with E-state index in [4.69, 9.17) is 0 Å². The number of rotatable bonds is 6. The van der Waals surface area contributed by atoms with Gasteiger partial charge in [-0.05, 0) is 36.8 Å². The highest BCUT2D eigenvalue weighted by Gasteiger charge is 2.06. The zero-order chi connectivity index (χ0) is 18.4. The number of nitrogens with zero attached hydrogens (tertiary/aromatic N) is 2. The lowest BCUT2D eigenvalue weighted by atomic mass is 10.1. The number of nitrogens with one attached hydrogen (secondary N) is 1. The van der Waals surface area contributed by atoms with E-state index in [-0.39, 0.29) is 17.5 Å². The van der Waals surface area contributed by atoms with Crippen molar-refractivity contribution in [1.29, 1.82) is 0 Å². The molecule has 4 nitrogen and oxygen atoms in total. The molecule has 1 N–H and O–H groups in total. The molecule has 26 heavy (non-hydrogen) atoms. The largest absolute Gasteiger partial charge is 0.351 e. The molecule has 0 atom stereocenters. The van der Waals surface area contributed by atoms with Crippen molar-refractivity contribution in [3.05, 3.63) is 77.6 Å². The van der Waals surface area contributed by atoms with Crippen molar-refractivity contribution in [3.63, 3.8) is 0 Å². The van der Waals surface area contributed by atoms with Crippen molar-refractivity contribution in [3.8, 4) is 11.3 Å². The van der Waals surface area contributed by atoms with Crippen LogP contribution in [0.4, 0.5) is 4.39 Å². The molecular formula is C20H18FN3OS. The molecule has 6 heteroatoms. The summed E-state index contributed by atoms with van der Waals surface area (Å²) >= 11 is 1.33. The average Bonchev–Trinajstić information content (AvgIpc) is 2.67. The van der Waals surface area contributed by atoms with Crippen LogP contribution >= 0.6 is 11.8 Å². The Morgan fingerprint density at radius 2 is 1.73 bits per heavy atom. The number of aryl methyl sites for hydroxylation is 1. The molecule has 0 fully saturated rings. The molecular weight excluding hydrogens is 349 g/mol. The van der Waals surface area contributed by atoms with Gasteiger partial charge in [-0.1, -0.05) is 53.7 Å². The number of aromatic nitrogens is 2. The fourth-order valence-corrected chi connectivity index (χ4v) is 2.91. The fourth-order valence-electron chi connectivity index (χ4n) is 2.27. The summed E-state index contributed by atoms with van der Waals surface area (Å²) in [4.78, 5) is 11.9. The maximum atomic E-state index is 12.8. The molecule has 0 saturated carbocycles. The first-order valence-corrected chi connectivity index (χ1v) is 9.13. The van der Waals surface area contributed by atoms with E-state index in [1.807, 2.05) is 43.3 Å². The summed E-state index contributed by atoms with van der Waals surface area (Å²) in [5, 5.41) is 11.9. The fraction of sp³-hybridized carbons (Fsp3) is 0.150. The minimum Gasteiger partial charge on any atom is -0.351 e. The third-order valence-electron chi connectivity index (χ3n) is 3.74. The normalized spacial score (nSPS) is 10.5. The molecule has 0 aliphatic heterocycles. The Kier molecular flexibility index (Phi) is 5.96. The predicted molar refractivity (Wildman–Crippen MR) is 101 cm³/mol. The second-order valence-electron chi connectivity index (χ2n) is 5.81. The second kappa shape index (κ2) is 8.58. The number of carbonyl (C=O) groups excluding carboxylic acids is 1. The highest BCUT2D eigenvalue weighted by Crippen LogP contribution is 2.20. The number of benzene rings is 2. The second-order valence-corrected chi connectivity index (χ2v) is 6.81. The van der Waals surface area contributed by atoms with Crippen LogP contribution in [-0.2, 0) is 11.3 Å². The van der Waals surface area contributed by atoms with E-state index in [9.17, 15) is 9.18 Å². The Morgan fingerprint density at radius 3 is 2.38 bits per heavy atom. The van der Waals surface area contributed by atoms with Crippen LogP contribution in [0.25, 0.3) is 11.3 Å². The number of carbonyl (C=O) groups is 1. The van der Waals surface area contributed by atoms with Crippen molar-refractivity contribution < 1.29 is 9.18 Å². The van der Waals surface area contributed by atoms with Crippen LogP contribution in [0.1, 0.15) is 11.1 Å². The first-order valence-electron chi connectivity index (χ1n) is 8.15. The highest BCUT2D eigenvalue weighted by atomic mass is 32.2. The molecule has 0 spiro atoms. The molecule has 2 aromatic carbocycles. The van der Waals surface area contributed by atoms with Crippen molar-refractivity contribution in [2.24, 2.45) is 0 Å². The lowest BCUT2D eigenvalue weighted by Gasteiger charge is -2.05. The van der Waals surface area contributed by atoms with Gasteiger partial charge in [0.25, 0.3) is 0 Å². The van der Waals surface area contributed by atoms with E-state index < -0.39 is 0 Å². The summed E-state index contributed by atoms with van der Waals surface area (Å²) in [6.07, 6.45) is 0. The SMILES string of the molecule is Cc1ccc(-c2ccc(SCC(=O)NCc3ccc(F)cc3)nn2)cc1. The number of amides is 1. The van der Waals surface area contributed by atoms with Gasteiger partial charge in [-0.25, -0.2) is 4.39 Å². The standard InChI is InChI=1S/C20H18FN3OS/c1-14-2-6-16(7-3-14)18-10-11-20(24-23-18)26-13-19(25)22-12-15-4-8-17(21)9-5-15/h2-11H,12-13H2,1H3,(H,22,25). The number of hydrogen-bond donors (Lipinski definition) is 1. The molecule has 0 aliphatic rings. The number of thioether (sulfide) groups is 1. The molecule has 0 unspecified atom stereocenters. The summed E-state index contributed by atoms with van der Waals surface area (Å²) < 4.78 is 12.8. The smallest absolute Gasteiger partial charge is 0.230 e. The first-order chi connectivity index (χ1) is 12.6. The van der Waals surface area contributed by atoms with Gasteiger partial charge in [-0.15, -0.1) is 10.2 Å². The van der Waals surface area contributed by atoms with Crippen LogP contribution in [0.2, 0.25) is 0 Å². The van der Waals surface area contributed by atoms with E-state index in [2.05, 4.69) is 15.5 Å². The van der Waals surface area contributed by atoms with Gasteiger partial charge in [0, 0.05) is 12.1 Å². The molecule has 0 aliphatic carbocycles. The Bertz CT molecular complexity index is 865. The summed E-state index contributed by atoms with van der Waals surface area (Å²) in [6.45, 7) is 2.41. The van der Waals surface area contributed by atoms with Gasteiger partial charge >= 0.3 is 0 Å². The maximum absolute atomic E-state index is 12.8. The van der Waals surface area contributed by atoms with E-state index in [0.717, 1.165) is 16.8 Å². The molecule has 0 bridgehead atoms. The highest BCUT2D eigenvalue weighted by molar-refractivity contribution is 7.99. The van der Waals surface area contributed by atoms with E-state index in [0.29, 0.717) is 11.6 Å². The van der Waals surface area contributed by atoms with Crippen LogP contribution in [0, 0.1) is 12.7 Å². The first kappa shape index (κ1) is 18.1. The summed E-state index contributed by atoms with van der Waals surface area (Å²) in [5.74, 6) is -0.147. The van der Waals surface area contributed by atoms with Crippen molar-refractivity contribution in [2.75, 3.05) is 5.75 Å². The van der Waals surface area contributed by atoms with Crippen LogP contribution in [0.5, 0.6) is 0 Å². The predicted octanol–water partition coefficient (Wildman–Crippen LogP) is 4.00. The van der Waals surface area contributed by atoms with Gasteiger partial charge < -0.3 is 5.32 Å². The van der Waals surface area contributed by atoms with Crippen molar-refractivity contribution >= 4 is 17.7 Å². The molecule has 3 rings (SSSR count). The van der Waals surface area contributed by atoms with Gasteiger partial charge in [-0.3, -0.25) is 4.79 Å². The van der Waals surface area contributed by atoms with Gasteiger partial charge in [-0.2, -0.15) is 0 Å². The van der Waals surface area contributed by atoms with E-state index >= 15 is 0 Å². The molecule has 0 saturated heterocycles. The van der Waals surface area contributed by atoms with E-state index in [1.165, 1.54) is 29.5 Å². The van der Waals surface area contributed by atoms with Gasteiger partial charge in [0.1, 0.15) is 10.8 Å². The summed E-state index contributed by atoms with van der Waals surface area (Å²) in [6, 6.07) is 17.9. The van der Waals surface area contributed by atoms with Gasteiger partial charge in [0.2, 0.25) is 5.91 Å². The Hall–Kier alpha value is -2.73. The maximum Gasteiger partial charge on any atom is 0.230 e. The topological polar surface area (TPSA) is 54.9 Å². The molecule has 1 aromatic heterocycles. The molecule has 1 amide bonds. The van der Waals surface area contributed by atoms with Crippen molar-refractivity contribution in [1.82, 2.24) is 15.5 Å². The Balaban J connectivity index is 1.49. The zero-order valence-corrected chi connectivity index (χ0v) is 15.1. The lowest BCUT2D eigenvalue weighted by molar-refractivity contribution is -0.118. The van der Waals surface area contributed by atoms with Crippen molar-refractivity contribution in [2.45, 2.75) is 18.5 Å². The number of halogens is 1. The van der Waals surface area contributed by atoms with E-state index in [1.54, 1.807) is 12.1 Å². The lowest BCUT2D eigenvalue weighted by Crippen LogP contribution is -2.24. The molecule has 0 radical (unpaired) electrons. The Labute approximate surface area is 155 Å². The minimum absolute atomic E-state index is 0.108. The zero-order valence-electron chi connectivity index (χ0n) is 14.3. The van der Waals surface area contributed by atoms with Gasteiger partial charge in [0.05, 0.1) is 11.4 Å². The van der Waals surface area contributed by atoms with Crippen LogP contribution in [-0.4, -0.2) is 21.9 Å². The molecule has 1 heterocycles. The average molecular weight is 367 g/mol. The number of hydrogen-bond acceptors (Lipinski definition) is 4. The molecule has 3 aromatic rings. The third-order valence-corrected chi connectivity index (χ3v) is 4.66. The monoisotopic (exact) mass is 367 g/mol. The third kappa shape index (κ3) is 5.13. The summed E-state index contributed by atoms with van der Waals surface area (Å²) in [5.41, 5.74) is 3.86.